The van der Waals surface area contributed by atoms with Crippen molar-refractivity contribution in [2.75, 3.05) is 7.11 Å². The van der Waals surface area contributed by atoms with Crippen molar-refractivity contribution in [3.63, 3.8) is 0 Å². The SMILES string of the molecule is CC[C@@H]([NH2+][C@H](C)C(=O)NC(=O)NC12CC3CC(CC(C3)C1)C2)c1ccc(OC)cc1. The molecule has 0 saturated heterocycles. The van der Waals surface area contributed by atoms with Crippen LogP contribution in [0.4, 0.5) is 4.79 Å². The molecule has 0 unspecified atom stereocenters. The predicted octanol–water partition coefficient (Wildman–Crippen LogP) is 2.89. The standard InChI is InChI=1S/C24H35N3O3/c1-4-21(19-5-7-20(30-3)8-6-19)25-15(2)22(28)26-23(29)27-24-12-16-9-17(13-24)11-18(10-16)14-24/h5-8,15-18,21,25H,4,9-14H2,1-3H3,(H2,26,27,28,29)/p+1/t15-,16?,17?,18?,21-,24?/m1/s1. The molecule has 0 heterocycles. The molecule has 0 spiro atoms. The minimum absolute atomic E-state index is 0.0822. The third-order valence-electron chi connectivity index (χ3n) is 7.57. The molecule has 0 aliphatic heterocycles. The first-order valence-electron chi connectivity index (χ1n) is 11.5. The average Bonchev–Trinajstić information content (AvgIpc) is 2.70. The number of amides is 3. The van der Waals surface area contributed by atoms with E-state index in [1.165, 1.54) is 19.3 Å². The number of imide groups is 1. The number of ether oxygens (including phenoxy) is 1. The maximum Gasteiger partial charge on any atom is 0.322 e. The summed E-state index contributed by atoms with van der Waals surface area (Å²) >= 11 is 0. The van der Waals surface area contributed by atoms with Gasteiger partial charge in [0.25, 0.3) is 5.91 Å². The summed E-state index contributed by atoms with van der Waals surface area (Å²) in [4.78, 5) is 25.4. The molecule has 6 heteroatoms. The Bertz CT molecular complexity index is 741. The molecule has 4 aliphatic rings. The van der Waals surface area contributed by atoms with Gasteiger partial charge < -0.3 is 15.4 Å². The number of carbonyl (C=O) groups excluding carboxylic acids is 2. The lowest BCUT2D eigenvalue weighted by Gasteiger charge is -2.56. The number of urea groups is 1. The zero-order valence-electron chi connectivity index (χ0n) is 18.4. The van der Waals surface area contributed by atoms with E-state index in [0.717, 1.165) is 54.7 Å². The van der Waals surface area contributed by atoms with E-state index in [0.29, 0.717) is 0 Å². The van der Waals surface area contributed by atoms with Gasteiger partial charge in [0.2, 0.25) is 0 Å². The molecular weight excluding hydrogens is 378 g/mol. The van der Waals surface area contributed by atoms with E-state index >= 15 is 0 Å². The van der Waals surface area contributed by atoms with Gasteiger partial charge in [-0.25, -0.2) is 4.79 Å². The number of nitrogens with two attached hydrogens (primary N) is 1. The average molecular weight is 415 g/mol. The van der Waals surface area contributed by atoms with Gasteiger partial charge in [0, 0.05) is 17.5 Å². The highest BCUT2D eigenvalue weighted by Gasteiger charge is 2.51. The van der Waals surface area contributed by atoms with Crippen LogP contribution >= 0.6 is 0 Å². The van der Waals surface area contributed by atoms with Crippen molar-refractivity contribution >= 4 is 11.9 Å². The number of rotatable bonds is 7. The fraction of sp³-hybridized carbons (Fsp3) is 0.667. The summed E-state index contributed by atoms with van der Waals surface area (Å²) in [6, 6.07) is 7.44. The summed E-state index contributed by atoms with van der Waals surface area (Å²) < 4.78 is 5.23. The van der Waals surface area contributed by atoms with E-state index in [1.54, 1.807) is 7.11 Å². The molecular formula is C24H36N3O3+. The first-order chi connectivity index (χ1) is 14.4. The van der Waals surface area contributed by atoms with E-state index < -0.39 is 0 Å². The Hall–Kier alpha value is -2.08. The molecule has 30 heavy (non-hydrogen) atoms. The Morgan fingerprint density at radius 2 is 1.67 bits per heavy atom. The van der Waals surface area contributed by atoms with Crippen LogP contribution in [0.5, 0.6) is 5.75 Å². The zero-order valence-corrected chi connectivity index (χ0v) is 18.4. The number of quaternary nitrogens is 1. The van der Waals surface area contributed by atoms with E-state index in [-0.39, 0.29) is 29.6 Å². The highest BCUT2D eigenvalue weighted by Crippen LogP contribution is 2.55. The van der Waals surface area contributed by atoms with Crippen LogP contribution in [0.25, 0.3) is 0 Å². The van der Waals surface area contributed by atoms with E-state index in [1.807, 2.05) is 36.5 Å². The third-order valence-corrected chi connectivity index (χ3v) is 7.57. The van der Waals surface area contributed by atoms with Gasteiger partial charge in [-0.05, 0) is 87.5 Å². The second-order valence-corrected chi connectivity index (χ2v) is 9.91. The molecule has 4 aliphatic carbocycles. The van der Waals surface area contributed by atoms with Gasteiger partial charge in [0.05, 0.1) is 7.11 Å². The topological polar surface area (TPSA) is 84.0 Å². The second kappa shape index (κ2) is 8.58. The Morgan fingerprint density at radius 1 is 1.10 bits per heavy atom. The highest BCUT2D eigenvalue weighted by molar-refractivity contribution is 5.96. The fourth-order valence-electron chi connectivity index (χ4n) is 6.53. The monoisotopic (exact) mass is 414 g/mol. The van der Waals surface area contributed by atoms with Crippen LogP contribution < -0.4 is 20.7 Å². The largest absolute Gasteiger partial charge is 0.497 e. The summed E-state index contributed by atoms with van der Waals surface area (Å²) in [7, 11) is 1.65. The molecule has 4 N–H and O–H groups in total. The lowest BCUT2D eigenvalue weighted by Crippen LogP contribution is -2.92. The van der Waals surface area contributed by atoms with Gasteiger partial charge in [0.1, 0.15) is 11.8 Å². The summed E-state index contributed by atoms with van der Waals surface area (Å²) in [6.07, 6.45) is 8.13. The van der Waals surface area contributed by atoms with Crippen LogP contribution in [0.3, 0.4) is 0 Å². The van der Waals surface area contributed by atoms with Gasteiger partial charge in [-0.2, -0.15) is 0 Å². The number of hydrogen-bond acceptors (Lipinski definition) is 3. The number of hydrogen-bond donors (Lipinski definition) is 3. The van der Waals surface area contributed by atoms with Crippen molar-refractivity contribution in [2.45, 2.75) is 76.4 Å². The van der Waals surface area contributed by atoms with Crippen molar-refractivity contribution in [3.8, 4) is 5.75 Å². The summed E-state index contributed by atoms with van der Waals surface area (Å²) in [5.74, 6) is 2.86. The number of methoxy groups -OCH3 is 1. The number of nitrogens with one attached hydrogen (secondary N) is 2. The molecule has 1 aromatic rings. The molecule has 0 radical (unpaired) electrons. The Morgan fingerprint density at radius 3 is 2.17 bits per heavy atom. The predicted molar refractivity (Wildman–Crippen MR) is 115 cm³/mol. The fourth-order valence-corrected chi connectivity index (χ4v) is 6.53. The maximum atomic E-state index is 12.7. The molecule has 164 valence electrons. The van der Waals surface area contributed by atoms with Crippen molar-refractivity contribution in [1.29, 1.82) is 0 Å². The minimum Gasteiger partial charge on any atom is -0.497 e. The van der Waals surface area contributed by atoms with Crippen LogP contribution in [0.1, 0.15) is 70.4 Å². The molecule has 5 rings (SSSR count). The molecule has 4 saturated carbocycles. The lowest BCUT2D eigenvalue weighted by atomic mass is 9.53. The van der Waals surface area contributed by atoms with Crippen LogP contribution in [0, 0.1) is 17.8 Å². The molecule has 4 bridgehead atoms. The number of benzene rings is 1. The summed E-state index contributed by atoms with van der Waals surface area (Å²) in [5, 5.41) is 7.87. The smallest absolute Gasteiger partial charge is 0.322 e. The van der Waals surface area contributed by atoms with Crippen LogP contribution in [0.2, 0.25) is 0 Å². The molecule has 1 aromatic carbocycles. The Balaban J connectivity index is 1.31. The van der Waals surface area contributed by atoms with Gasteiger partial charge in [0.15, 0.2) is 6.04 Å². The molecule has 6 nitrogen and oxygen atoms in total. The van der Waals surface area contributed by atoms with Crippen molar-refractivity contribution in [3.05, 3.63) is 29.8 Å². The first kappa shape index (κ1) is 21.2. The molecule has 2 atom stereocenters. The van der Waals surface area contributed by atoms with Gasteiger partial charge in [-0.3, -0.25) is 10.1 Å². The van der Waals surface area contributed by atoms with Crippen LogP contribution in [-0.2, 0) is 4.79 Å². The highest BCUT2D eigenvalue weighted by atomic mass is 16.5. The van der Waals surface area contributed by atoms with E-state index in [2.05, 4.69) is 17.6 Å². The normalized spacial score (nSPS) is 31.1. The minimum atomic E-state index is -0.348. The molecule has 0 aromatic heterocycles. The Labute approximate surface area is 179 Å². The molecule has 4 fully saturated rings. The van der Waals surface area contributed by atoms with Crippen molar-refractivity contribution in [1.82, 2.24) is 10.6 Å². The quantitative estimate of drug-likeness (QED) is 0.641. The Kier molecular flexibility index (Phi) is 6.05. The van der Waals surface area contributed by atoms with E-state index in [9.17, 15) is 9.59 Å². The maximum absolute atomic E-state index is 12.7. The van der Waals surface area contributed by atoms with Gasteiger partial charge in [-0.1, -0.05) is 6.92 Å². The molecule has 3 amide bonds. The lowest BCUT2D eigenvalue weighted by molar-refractivity contribution is -0.713. The van der Waals surface area contributed by atoms with Gasteiger partial charge in [-0.15, -0.1) is 0 Å². The second-order valence-electron chi connectivity index (χ2n) is 9.91. The summed E-state index contributed by atoms with van der Waals surface area (Å²) in [6.45, 7) is 3.97. The van der Waals surface area contributed by atoms with Gasteiger partial charge >= 0.3 is 6.03 Å². The zero-order chi connectivity index (χ0) is 21.3. The third kappa shape index (κ3) is 4.48. The van der Waals surface area contributed by atoms with Crippen LogP contribution in [-0.4, -0.2) is 30.6 Å². The van der Waals surface area contributed by atoms with Crippen molar-refractivity contribution in [2.24, 2.45) is 17.8 Å². The van der Waals surface area contributed by atoms with E-state index in [4.69, 9.17) is 4.74 Å². The summed E-state index contributed by atoms with van der Waals surface area (Å²) in [5.41, 5.74) is 1.07. The first-order valence-corrected chi connectivity index (χ1v) is 11.5. The van der Waals surface area contributed by atoms with Crippen LogP contribution in [0.15, 0.2) is 24.3 Å². The number of carbonyl (C=O) groups is 2. The van der Waals surface area contributed by atoms with Crippen molar-refractivity contribution < 1.29 is 19.6 Å².